The molecule has 7 heteroatoms. The second kappa shape index (κ2) is 10.6. The summed E-state index contributed by atoms with van der Waals surface area (Å²) in [5.74, 6) is -0.919. The largest absolute Gasteiger partial charge is 0.489 e. The number of carbonyl (C=O) groups excluding carboxylic acids is 2. The second-order valence-corrected chi connectivity index (χ2v) is 7.84. The van der Waals surface area contributed by atoms with Crippen LogP contribution in [0.2, 0.25) is 5.02 Å². The SMILES string of the molecule is C/C(=N\NC(=O)C(=O)Nc1cc(C)cc(C)c1)c1ccc(OCc2ccc(Cl)cc2)cc1. The third-order valence-corrected chi connectivity index (χ3v) is 4.85. The van der Waals surface area contributed by atoms with Gasteiger partial charge in [-0.05, 0) is 91.6 Å². The van der Waals surface area contributed by atoms with E-state index in [-0.39, 0.29) is 0 Å². The molecule has 0 fully saturated rings. The Morgan fingerprint density at radius 3 is 2.16 bits per heavy atom. The van der Waals surface area contributed by atoms with E-state index < -0.39 is 11.8 Å². The number of nitrogens with one attached hydrogen (secondary N) is 2. The highest BCUT2D eigenvalue weighted by Crippen LogP contribution is 2.16. The molecule has 3 aromatic rings. The molecule has 2 amide bonds. The molecule has 0 bridgehead atoms. The molecule has 6 nitrogen and oxygen atoms in total. The Balaban J connectivity index is 1.53. The fraction of sp³-hybridized carbons (Fsp3) is 0.160. The molecule has 0 aliphatic carbocycles. The Kier molecular flexibility index (Phi) is 7.63. The fourth-order valence-corrected chi connectivity index (χ4v) is 3.15. The van der Waals surface area contributed by atoms with Gasteiger partial charge in [0.05, 0.1) is 5.71 Å². The lowest BCUT2D eigenvalue weighted by atomic mass is 10.1. The predicted molar refractivity (Wildman–Crippen MR) is 127 cm³/mol. The number of anilines is 1. The first-order valence-electron chi connectivity index (χ1n) is 10.0. The van der Waals surface area contributed by atoms with E-state index in [1.807, 2.05) is 68.4 Å². The van der Waals surface area contributed by atoms with Gasteiger partial charge in [-0.3, -0.25) is 9.59 Å². The fourth-order valence-electron chi connectivity index (χ4n) is 3.02. The van der Waals surface area contributed by atoms with Crippen LogP contribution in [0.3, 0.4) is 0 Å². The van der Waals surface area contributed by atoms with E-state index in [1.54, 1.807) is 19.1 Å². The molecule has 0 saturated heterocycles. The maximum atomic E-state index is 12.1. The minimum absolute atomic E-state index is 0.426. The van der Waals surface area contributed by atoms with E-state index in [9.17, 15) is 9.59 Å². The van der Waals surface area contributed by atoms with Crippen LogP contribution in [0.15, 0.2) is 71.8 Å². The molecule has 3 rings (SSSR count). The quantitative estimate of drug-likeness (QED) is 0.315. The van der Waals surface area contributed by atoms with Crippen LogP contribution >= 0.6 is 11.6 Å². The van der Waals surface area contributed by atoms with Crippen molar-refractivity contribution in [3.8, 4) is 5.75 Å². The first-order valence-corrected chi connectivity index (χ1v) is 10.4. The van der Waals surface area contributed by atoms with Gasteiger partial charge in [0.25, 0.3) is 0 Å². The number of halogens is 1. The Morgan fingerprint density at radius 1 is 0.906 bits per heavy atom. The molecular weight excluding hydrogens is 426 g/mol. The molecule has 0 aliphatic heterocycles. The van der Waals surface area contributed by atoms with E-state index in [0.29, 0.717) is 28.8 Å². The van der Waals surface area contributed by atoms with Crippen molar-refractivity contribution in [2.75, 3.05) is 5.32 Å². The number of hydrazone groups is 1. The van der Waals surface area contributed by atoms with Crippen molar-refractivity contribution >= 4 is 34.8 Å². The Bertz CT molecular complexity index is 1120. The highest BCUT2D eigenvalue weighted by Gasteiger charge is 2.13. The molecule has 0 unspecified atom stereocenters. The van der Waals surface area contributed by atoms with E-state index in [1.165, 1.54) is 0 Å². The summed E-state index contributed by atoms with van der Waals surface area (Å²) < 4.78 is 5.76. The first kappa shape index (κ1) is 23.0. The van der Waals surface area contributed by atoms with Crippen molar-refractivity contribution in [1.29, 1.82) is 0 Å². The highest BCUT2D eigenvalue weighted by molar-refractivity contribution is 6.39. The molecular formula is C25H24ClN3O3. The zero-order valence-electron chi connectivity index (χ0n) is 18.1. The van der Waals surface area contributed by atoms with Crippen molar-refractivity contribution in [2.24, 2.45) is 5.10 Å². The van der Waals surface area contributed by atoms with Crippen molar-refractivity contribution < 1.29 is 14.3 Å². The zero-order valence-corrected chi connectivity index (χ0v) is 18.9. The Labute approximate surface area is 192 Å². The van der Waals surface area contributed by atoms with Gasteiger partial charge in [-0.2, -0.15) is 5.10 Å². The molecule has 0 spiro atoms. The van der Waals surface area contributed by atoms with E-state index in [0.717, 1.165) is 22.3 Å². The summed E-state index contributed by atoms with van der Waals surface area (Å²) in [6.07, 6.45) is 0. The number of carbonyl (C=O) groups is 2. The summed E-state index contributed by atoms with van der Waals surface area (Å²) in [6, 6.07) is 20.3. The first-order chi connectivity index (χ1) is 15.3. The van der Waals surface area contributed by atoms with Gasteiger partial charge in [0.15, 0.2) is 0 Å². The summed E-state index contributed by atoms with van der Waals surface area (Å²) in [6.45, 7) is 6.01. The topological polar surface area (TPSA) is 79.8 Å². The number of benzene rings is 3. The van der Waals surface area contributed by atoms with Crippen LogP contribution in [0.1, 0.15) is 29.2 Å². The summed E-state index contributed by atoms with van der Waals surface area (Å²) in [4.78, 5) is 24.2. The van der Waals surface area contributed by atoms with Crippen LogP contribution in [0.4, 0.5) is 5.69 Å². The molecule has 0 heterocycles. The molecule has 0 aliphatic rings. The molecule has 32 heavy (non-hydrogen) atoms. The van der Waals surface area contributed by atoms with Crippen LogP contribution < -0.4 is 15.5 Å². The van der Waals surface area contributed by atoms with E-state index in [4.69, 9.17) is 16.3 Å². The standard InChI is InChI=1S/C25H24ClN3O3/c1-16-12-17(2)14-22(13-16)27-24(30)25(31)29-28-18(3)20-6-10-23(11-7-20)32-15-19-4-8-21(26)9-5-19/h4-14H,15H2,1-3H3,(H,27,30)(H,29,31)/b28-18+. The minimum atomic E-state index is -0.841. The molecule has 2 N–H and O–H groups in total. The third kappa shape index (κ3) is 6.68. The van der Waals surface area contributed by atoms with Crippen LogP contribution in [0.5, 0.6) is 5.75 Å². The van der Waals surface area contributed by atoms with Gasteiger partial charge in [0.1, 0.15) is 12.4 Å². The van der Waals surface area contributed by atoms with E-state index >= 15 is 0 Å². The van der Waals surface area contributed by atoms with Crippen molar-refractivity contribution in [2.45, 2.75) is 27.4 Å². The molecule has 0 atom stereocenters. The Hall–Kier alpha value is -3.64. The van der Waals surface area contributed by atoms with E-state index in [2.05, 4.69) is 15.8 Å². The van der Waals surface area contributed by atoms with Crippen LogP contribution in [-0.4, -0.2) is 17.5 Å². The van der Waals surface area contributed by atoms with Gasteiger partial charge in [0.2, 0.25) is 0 Å². The lowest BCUT2D eigenvalue weighted by molar-refractivity contribution is -0.136. The number of aryl methyl sites for hydroxylation is 2. The van der Waals surface area contributed by atoms with Crippen molar-refractivity contribution in [1.82, 2.24) is 5.43 Å². The number of rotatable bonds is 6. The van der Waals surface area contributed by atoms with Crippen LogP contribution in [0.25, 0.3) is 0 Å². The van der Waals surface area contributed by atoms with Crippen molar-refractivity contribution in [3.63, 3.8) is 0 Å². The maximum absolute atomic E-state index is 12.1. The Morgan fingerprint density at radius 2 is 1.53 bits per heavy atom. The van der Waals surface area contributed by atoms with Gasteiger partial charge in [-0.25, -0.2) is 5.43 Å². The average molecular weight is 450 g/mol. The van der Waals surface area contributed by atoms with Gasteiger partial charge in [-0.15, -0.1) is 0 Å². The lowest BCUT2D eigenvalue weighted by Crippen LogP contribution is -2.33. The minimum Gasteiger partial charge on any atom is -0.489 e. The van der Waals surface area contributed by atoms with Gasteiger partial charge in [-0.1, -0.05) is 29.8 Å². The molecule has 0 saturated carbocycles. The van der Waals surface area contributed by atoms with Crippen molar-refractivity contribution in [3.05, 3.63) is 94.0 Å². The lowest BCUT2D eigenvalue weighted by Gasteiger charge is -2.08. The molecule has 0 aromatic heterocycles. The number of hydrogen-bond acceptors (Lipinski definition) is 4. The normalized spacial score (nSPS) is 11.1. The number of amides is 2. The number of ether oxygens (including phenoxy) is 1. The highest BCUT2D eigenvalue weighted by atomic mass is 35.5. The third-order valence-electron chi connectivity index (χ3n) is 4.60. The van der Waals surface area contributed by atoms with Gasteiger partial charge in [0, 0.05) is 10.7 Å². The molecule has 3 aromatic carbocycles. The van der Waals surface area contributed by atoms with Gasteiger partial charge >= 0.3 is 11.8 Å². The van der Waals surface area contributed by atoms with Crippen LogP contribution in [-0.2, 0) is 16.2 Å². The average Bonchev–Trinajstić information content (AvgIpc) is 2.76. The summed E-state index contributed by atoms with van der Waals surface area (Å²) >= 11 is 5.89. The summed E-state index contributed by atoms with van der Waals surface area (Å²) in [5, 5.41) is 7.29. The van der Waals surface area contributed by atoms with Crippen LogP contribution in [0, 0.1) is 13.8 Å². The van der Waals surface area contributed by atoms with Gasteiger partial charge < -0.3 is 10.1 Å². The summed E-state index contributed by atoms with van der Waals surface area (Å²) in [5.41, 5.74) is 7.21. The predicted octanol–water partition coefficient (Wildman–Crippen LogP) is 5.01. The monoisotopic (exact) mass is 449 g/mol. The number of hydrogen-bond donors (Lipinski definition) is 2. The molecule has 0 radical (unpaired) electrons. The maximum Gasteiger partial charge on any atom is 0.329 e. The second-order valence-electron chi connectivity index (χ2n) is 7.41. The molecule has 164 valence electrons. The summed E-state index contributed by atoms with van der Waals surface area (Å²) in [7, 11) is 0. The smallest absolute Gasteiger partial charge is 0.329 e. The number of nitrogens with zero attached hydrogens (tertiary/aromatic N) is 1. The zero-order chi connectivity index (χ0) is 23.1.